The van der Waals surface area contributed by atoms with E-state index in [0.717, 1.165) is 27.5 Å². The number of carbonyl (C=O) groups excluding carboxylic acids is 1. The summed E-state index contributed by atoms with van der Waals surface area (Å²) in [6, 6.07) is 23.4. The molecule has 0 radical (unpaired) electrons. The maximum absolute atomic E-state index is 12.3. The lowest BCUT2D eigenvalue weighted by molar-refractivity contribution is 0.252. The lowest BCUT2D eigenvalue weighted by Crippen LogP contribution is -2.28. The summed E-state index contributed by atoms with van der Waals surface area (Å²) < 4.78 is 5.18. The maximum atomic E-state index is 12.3. The topological polar surface area (TPSA) is 63.2 Å². The summed E-state index contributed by atoms with van der Waals surface area (Å²) in [5.74, 6) is 0.691. The summed E-state index contributed by atoms with van der Waals surface area (Å²) in [5, 5.41) is 7.88. The van der Waals surface area contributed by atoms with Crippen LogP contribution in [-0.4, -0.2) is 18.1 Å². The van der Waals surface area contributed by atoms with Gasteiger partial charge in [0.15, 0.2) is 0 Å². The fourth-order valence-corrected chi connectivity index (χ4v) is 3.32. The quantitative estimate of drug-likeness (QED) is 0.496. The van der Waals surface area contributed by atoms with E-state index in [1.165, 1.54) is 0 Å². The van der Waals surface area contributed by atoms with E-state index in [4.69, 9.17) is 4.74 Å². The Kier molecular flexibility index (Phi) is 5.38. The molecule has 29 heavy (non-hydrogen) atoms. The Morgan fingerprint density at radius 2 is 1.83 bits per heavy atom. The van der Waals surface area contributed by atoms with E-state index in [1.54, 1.807) is 19.4 Å². The minimum atomic E-state index is -0.276. The number of pyridine rings is 1. The van der Waals surface area contributed by atoms with Crippen LogP contribution in [0.4, 0.5) is 10.5 Å². The smallest absolute Gasteiger partial charge is 0.319 e. The van der Waals surface area contributed by atoms with Crippen molar-refractivity contribution in [2.75, 3.05) is 12.4 Å². The maximum Gasteiger partial charge on any atom is 0.319 e. The second-order valence-corrected chi connectivity index (χ2v) is 6.60. The van der Waals surface area contributed by atoms with Crippen molar-refractivity contribution in [3.63, 3.8) is 0 Å². The third kappa shape index (κ3) is 4.19. The molecule has 4 aromatic rings. The lowest BCUT2D eigenvalue weighted by Gasteiger charge is -2.13. The number of ether oxygens (including phenoxy) is 1. The Hall–Kier alpha value is -3.86. The van der Waals surface area contributed by atoms with Crippen LogP contribution in [0.1, 0.15) is 5.56 Å². The average molecular weight is 383 g/mol. The summed E-state index contributed by atoms with van der Waals surface area (Å²) in [4.78, 5) is 16.6. The predicted molar refractivity (Wildman–Crippen MR) is 116 cm³/mol. The molecule has 0 fully saturated rings. The van der Waals surface area contributed by atoms with Crippen molar-refractivity contribution in [3.8, 4) is 16.9 Å². The van der Waals surface area contributed by atoms with Crippen LogP contribution in [0.5, 0.6) is 5.75 Å². The van der Waals surface area contributed by atoms with Gasteiger partial charge in [0, 0.05) is 36.1 Å². The highest BCUT2D eigenvalue weighted by Gasteiger charge is 2.09. The third-order valence-corrected chi connectivity index (χ3v) is 4.76. The lowest BCUT2D eigenvalue weighted by atomic mass is 9.96. The summed E-state index contributed by atoms with van der Waals surface area (Å²) in [7, 11) is 1.59. The predicted octanol–water partition coefficient (Wildman–Crippen LogP) is 5.23. The molecular weight excluding hydrogens is 362 g/mol. The Bertz CT molecular complexity index is 1140. The van der Waals surface area contributed by atoms with Gasteiger partial charge in [0.1, 0.15) is 5.75 Å². The molecule has 0 spiro atoms. The van der Waals surface area contributed by atoms with Gasteiger partial charge in [-0.25, -0.2) is 4.79 Å². The molecule has 0 aliphatic carbocycles. The Morgan fingerprint density at radius 3 is 2.66 bits per heavy atom. The molecule has 144 valence electrons. The van der Waals surface area contributed by atoms with Gasteiger partial charge in [0.25, 0.3) is 0 Å². The number of hydrogen-bond acceptors (Lipinski definition) is 3. The first-order valence-corrected chi connectivity index (χ1v) is 9.34. The van der Waals surface area contributed by atoms with Gasteiger partial charge in [-0.15, -0.1) is 0 Å². The number of urea groups is 1. The number of carbonyl (C=O) groups is 1. The molecule has 3 aromatic carbocycles. The molecular formula is C24H21N3O2. The van der Waals surface area contributed by atoms with Gasteiger partial charge in [0.05, 0.1) is 7.11 Å². The van der Waals surface area contributed by atoms with Crippen LogP contribution in [0.2, 0.25) is 0 Å². The molecule has 5 heteroatoms. The number of nitrogens with zero attached hydrogens (tertiary/aromatic N) is 1. The van der Waals surface area contributed by atoms with Gasteiger partial charge < -0.3 is 15.4 Å². The molecule has 1 aromatic heterocycles. The standard InChI is InChI=1S/C24H21N3O2/c1-29-20-9-5-8-19(14-20)27-24(28)26-15-18-10-11-21(17-6-3-2-4-7-17)22-12-13-25-16-23(18)22/h2-14,16H,15H2,1H3,(H2,26,27,28). The monoisotopic (exact) mass is 383 g/mol. The van der Waals surface area contributed by atoms with Crippen molar-refractivity contribution < 1.29 is 9.53 Å². The van der Waals surface area contributed by atoms with E-state index < -0.39 is 0 Å². The van der Waals surface area contributed by atoms with Gasteiger partial charge in [-0.3, -0.25) is 4.98 Å². The van der Waals surface area contributed by atoms with Crippen LogP contribution in [0.3, 0.4) is 0 Å². The second kappa shape index (κ2) is 8.44. The van der Waals surface area contributed by atoms with Crippen LogP contribution in [0.25, 0.3) is 21.9 Å². The van der Waals surface area contributed by atoms with Gasteiger partial charge >= 0.3 is 6.03 Å². The molecule has 0 saturated heterocycles. The second-order valence-electron chi connectivity index (χ2n) is 6.60. The van der Waals surface area contributed by atoms with Crippen molar-refractivity contribution in [1.29, 1.82) is 0 Å². The molecule has 2 amide bonds. The van der Waals surface area contributed by atoms with E-state index >= 15 is 0 Å². The third-order valence-electron chi connectivity index (χ3n) is 4.76. The molecule has 2 N–H and O–H groups in total. The highest BCUT2D eigenvalue weighted by atomic mass is 16.5. The molecule has 0 bridgehead atoms. The van der Waals surface area contributed by atoms with Crippen molar-refractivity contribution in [3.05, 3.63) is 90.8 Å². The molecule has 4 rings (SSSR count). The fraction of sp³-hybridized carbons (Fsp3) is 0.0833. The zero-order valence-electron chi connectivity index (χ0n) is 16.1. The molecule has 1 heterocycles. The van der Waals surface area contributed by atoms with E-state index in [0.29, 0.717) is 18.0 Å². The molecule has 0 aliphatic rings. The van der Waals surface area contributed by atoms with Crippen LogP contribution < -0.4 is 15.4 Å². The molecule has 5 nitrogen and oxygen atoms in total. The number of amides is 2. The summed E-state index contributed by atoms with van der Waals surface area (Å²) in [6.07, 6.45) is 3.64. The highest BCUT2D eigenvalue weighted by Crippen LogP contribution is 2.30. The number of rotatable bonds is 5. The molecule has 0 atom stereocenters. The van der Waals surface area contributed by atoms with Crippen LogP contribution >= 0.6 is 0 Å². The average Bonchev–Trinajstić information content (AvgIpc) is 2.78. The van der Waals surface area contributed by atoms with Gasteiger partial charge in [0.2, 0.25) is 0 Å². The Labute approximate surface area is 169 Å². The largest absolute Gasteiger partial charge is 0.497 e. The van der Waals surface area contributed by atoms with Crippen molar-refractivity contribution in [1.82, 2.24) is 10.3 Å². The van der Waals surface area contributed by atoms with E-state index in [-0.39, 0.29) is 6.03 Å². The fourth-order valence-electron chi connectivity index (χ4n) is 3.32. The first-order chi connectivity index (χ1) is 14.2. The minimum absolute atomic E-state index is 0.276. The zero-order valence-corrected chi connectivity index (χ0v) is 16.1. The number of hydrogen-bond donors (Lipinski definition) is 2. The van der Waals surface area contributed by atoms with Crippen LogP contribution in [0.15, 0.2) is 85.2 Å². The zero-order chi connectivity index (χ0) is 20.1. The van der Waals surface area contributed by atoms with E-state index in [1.807, 2.05) is 54.7 Å². The normalized spacial score (nSPS) is 10.5. The number of nitrogens with one attached hydrogen (secondary N) is 2. The number of anilines is 1. The summed E-state index contributed by atoms with van der Waals surface area (Å²) >= 11 is 0. The summed E-state index contributed by atoms with van der Waals surface area (Å²) in [5.41, 5.74) is 3.98. The van der Waals surface area contributed by atoms with Crippen LogP contribution in [0, 0.1) is 0 Å². The van der Waals surface area contributed by atoms with Crippen LogP contribution in [-0.2, 0) is 6.54 Å². The number of fused-ring (bicyclic) bond motifs is 1. The number of benzene rings is 3. The van der Waals surface area contributed by atoms with E-state index in [9.17, 15) is 4.79 Å². The summed E-state index contributed by atoms with van der Waals surface area (Å²) in [6.45, 7) is 0.396. The van der Waals surface area contributed by atoms with Gasteiger partial charge in [-0.05, 0) is 40.3 Å². The van der Waals surface area contributed by atoms with Crippen molar-refractivity contribution in [2.45, 2.75) is 6.54 Å². The van der Waals surface area contributed by atoms with Gasteiger partial charge in [-0.1, -0.05) is 48.5 Å². The molecule has 0 saturated carbocycles. The first-order valence-electron chi connectivity index (χ1n) is 9.34. The van der Waals surface area contributed by atoms with Crippen molar-refractivity contribution >= 4 is 22.5 Å². The number of methoxy groups -OCH3 is 1. The van der Waals surface area contributed by atoms with Gasteiger partial charge in [-0.2, -0.15) is 0 Å². The van der Waals surface area contributed by atoms with E-state index in [2.05, 4.69) is 33.8 Å². The minimum Gasteiger partial charge on any atom is -0.497 e. The molecule has 0 aliphatic heterocycles. The highest BCUT2D eigenvalue weighted by molar-refractivity contribution is 5.98. The first kappa shape index (κ1) is 18.5. The SMILES string of the molecule is COc1cccc(NC(=O)NCc2ccc(-c3ccccc3)c3ccncc23)c1. The Morgan fingerprint density at radius 1 is 0.966 bits per heavy atom. The Balaban J connectivity index is 1.53. The molecule has 0 unspecified atom stereocenters. The number of aromatic nitrogens is 1. The van der Waals surface area contributed by atoms with Crippen molar-refractivity contribution in [2.24, 2.45) is 0 Å².